The maximum atomic E-state index is 12.3. The first kappa shape index (κ1) is 20.8. The standard InChI is InChI=1S/C21H17BrN2O4S/c1-15-5-11-20(12-6-15)29(26,27)28-19-9-7-16(8-10-19)14-23-24-21(25)17-3-2-4-18(22)13-17/h2-14H,1H3,(H,24,25)/b23-14+. The third-order valence-electron chi connectivity index (χ3n) is 3.86. The molecule has 0 heterocycles. The Morgan fingerprint density at radius 3 is 2.38 bits per heavy atom. The molecule has 0 aliphatic rings. The van der Waals surface area contributed by atoms with Gasteiger partial charge in [-0.2, -0.15) is 13.5 Å². The van der Waals surface area contributed by atoms with Crippen molar-refractivity contribution >= 4 is 38.2 Å². The van der Waals surface area contributed by atoms with E-state index in [1.54, 1.807) is 42.5 Å². The molecular weight excluding hydrogens is 456 g/mol. The molecule has 0 atom stereocenters. The fraction of sp³-hybridized carbons (Fsp3) is 0.0476. The van der Waals surface area contributed by atoms with E-state index < -0.39 is 10.1 Å². The number of rotatable bonds is 6. The number of hydrazone groups is 1. The molecule has 0 fully saturated rings. The molecule has 3 aromatic rings. The van der Waals surface area contributed by atoms with Crippen molar-refractivity contribution < 1.29 is 17.4 Å². The highest BCUT2D eigenvalue weighted by atomic mass is 79.9. The van der Waals surface area contributed by atoms with Crippen LogP contribution >= 0.6 is 15.9 Å². The van der Waals surface area contributed by atoms with Crippen molar-refractivity contribution in [3.8, 4) is 5.75 Å². The Labute approximate surface area is 177 Å². The van der Waals surface area contributed by atoms with Crippen LogP contribution in [0.25, 0.3) is 0 Å². The van der Waals surface area contributed by atoms with Crippen molar-refractivity contribution in [3.05, 3.63) is 94.0 Å². The molecule has 0 aromatic heterocycles. The fourth-order valence-corrected chi connectivity index (χ4v) is 3.68. The number of amides is 1. The average Bonchev–Trinajstić information content (AvgIpc) is 2.69. The molecule has 148 valence electrons. The minimum absolute atomic E-state index is 0.0870. The van der Waals surface area contributed by atoms with Gasteiger partial charge in [-0.25, -0.2) is 5.43 Å². The van der Waals surface area contributed by atoms with Gasteiger partial charge in [-0.05, 0) is 67.1 Å². The van der Waals surface area contributed by atoms with E-state index in [1.807, 2.05) is 13.0 Å². The highest BCUT2D eigenvalue weighted by Crippen LogP contribution is 2.19. The summed E-state index contributed by atoms with van der Waals surface area (Å²) in [5.41, 5.74) is 4.53. The van der Waals surface area contributed by atoms with Crippen LogP contribution in [0.1, 0.15) is 21.5 Å². The van der Waals surface area contributed by atoms with E-state index in [9.17, 15) is 13.2 Å². The Kier molecular flexibility index (Phi) is 6.46. The molecule has 0 unspecified atom stereocenters. The van der Waals surface area contributed by atoms with Gasteiger partial charge in [0.05, 0.1) is 6.21 Å². The summed E-state index contributed by atoms with van der Waals surface area (Å²) in [5.74, 6) is -0.160. The lowest BCUT2D eigenvalue weighted by atomic mass is 10.2. The first-order chi connectivity index (χ1) is 13.8. The van der Waals surface area contributed by atoms with Gasteiger partial charge in [-0.1, -0.05) is 39.7 Å². The third-order valence-corrected chi connectivity index (χ3v) is 5.62. The number of halogens is 1. The van der Waals surface area contributed by atoms with Crippen LogP contribution in [0.15, 0.2) is 87.3 Å². The molecule has 3 rings (SSSR count). The summed E-state index contributed by atoms with van der Waals surface area (Å²) in [4.78, 5) is 12.1. The molecule has 0 bridgehead atoms. The predicted molar refractivity (Wildman–Crippen MR) is 115 cm³/mol. The van der Waals surface area contributed by atoms with Crippen LogP contribution in [-0.4, -0.2) is 20.5 Å². The van der Waals surface area contributed by atoms with Crippen molar-refractivity contribution in [1.82, 2.24) is 5.43 Å². The largest absolute Gasteiger partial charge is 0.379 e. The van der Waals surface area contributed by atoms with Gasteiger partial charge in [0.15, 0.2) is 0 Å². The van der Waals surface area contributed by atoms with Gasteiger partial charge in [-0.3, -0.25) is 4.79 Å². The lowest BCUT2D eigenvalue weighted by Crippen LogP contribution is -2.17. The molecule has 8 heteroatoms. The first-order valence-corrected chi connectivity index (χ1v) is 10.7. The highest BCUT2D eigenvalue weighted by Gasteiger charge is 2.16. The summed E-state index contributed by atoms with van der Waals surface area (Å²) in [7, 11) is -3.90. The molecule has 0 radical (unpaired) electrons. The summed E-state index contributed by atoms with van der Waals surface area (Å²) in [6.45, 7) is 1.87. The third kappa shape index (κ3) is 5.75. The summed E-state index contributed by atoms with van der Waals surface area (Å²) in [5, 5.41) is 3.91. The van der Waals surface area contributed by atoms with Crippen molar-refractivity contribution in [2.45, 2.75) is 11.8 Å². The van der Waals surface area contributed by atoms with E-state index in [-0.39, 0.29) is 16.6 Å². The monoisotopic (exact) mass is 472 g/mol. The van der Waals surface area contributed by atoms with Crippen LogP contribution in [0.2, 0.25) is 0 Å². The summed E-state index contributed by atoms with van der Waals surface area (Å²) in [6, 6.07) is 19.7. The van der Waals surface area contributed by atoms with Crippen LogP contribution in [0.3, 0.4) is 0 Å². The molecular formula is C21H17BrN2O4S. The van der Waals surface area contributed by atoms with E-state index in [0.29, 0.717) is 11.1 Å². The second kappa shape index (κ2) is 9.02. The second-order valence-electron chi connectivity index (χ2n) is 6.13. The van der Waals surface area contributed by atoms with E-state index in [0.717, 1.165) is 10.0 Å². The molecule has 0 aliphatic carbocycles. The Morgan fingerprint density at radius 1 is 1.03 bits per heavy atom. The zero-order valence-electron chi connectivity index (χ0n) is 15.4. The highest BCUT2D eigenvalue weighted by molar-refractivity contribution is 9.10. The van der Waals surface area contributed by atoms with Gasteiger partial charge in [0.2, 0.25) is 0 Å². The van der Waals surface area contributed by atoms with Crippen molar-refractivity contribution in [2.24, 2.45) is 5.10 Å². The van der Waals surface area contributed by atoms with Crippen molar-refractivity contribution in [3.63, 3.8) is 0 Å². The zero-order valence-corrected chi connectivity index (χ0v) is 17.8. The van der Waals surface area contributed by atoms with Gasteiger partial charge in [0, 0.05) is 10.0 Å². The maximum absolute atomic E-state index is 12.3. The molecule has 0 aliphatic heterocycles. The Balaban J connectivity index is 1.62. The van der Waals surface area contributed by atoms with E-state index >= 15 is 0 Å². The quantitative estimate of drug-likeness (QED) is 0.329. The predicted octanol–water partition coefficient (Wildman–Crippen LogP) is 4.29. The number of hydrogen-bond donors (Lipinski definition) is 1. The SMILES string of the molecule is Cc1ccc(S(=O)(=O)Oc2ccc(/C=N/NC(=O)c3cccc(Br)c3)cc2)cc1. The normalized spacial score (nSPS) is 11.4. The first-order valence-electron chi connectivity index (χ1n) is 8.54. The topological polar surface area (TPSA) is 84.8 Å². The number of nitrogens with zero attached hydrogens (tertiary/aromatic N) is 1. The Morgan fingerprint density at radius 2 is 1.72 bits per heavy atom. The Hall–Kier alpha value is -2.97. The van der Waals surface area contributed by atoms with Crippen molar-refractivity contribution in [2.75, 3.05) is 0 Å². The molecule has 0 saturated carbocycles. The lowest BCUT2D eigenvalue weighted by molar-refractivity contribution is 0.0955. The van der Waals surface area contributed by atoms with Gasteiger partial charge < -0.3 is 4.18 Å². The number of aryl methyl sites for hydroxylation is 1. The van der Waals surface area contributed by atoms with Crippen LogP contribution < -0.4 is 9.61 Å². The van der Waals surface area contributed by atoms with Crippen LogP contribution in [0, 0.1) is 6.92 Å². The van der Waals surface area contributed by atoms with E-state index in [4.69, 9.17) is 4.18 Å². The van der Waals surface area contributed by atoms with E-state index in [2.05, 4.69) is 26.5 Å². The minimum Gasteiger partial charge on any atom is -0.379 e. The molecule has 1 amide bonds. The minimum atomic E-state index is -3.90. The lowest BCUT2D eigenvalue weighted by Gasteiger charge is -2.07. The van der Waals surface area contributed by atoms with Gasteiger partial charge >= 0.3 is 10.1 Å². The number of carbonyl (C=O) groups is 1. The number of nitrogens with one attached hydrogen (secondary N) is 1. The molecule has 29 heavy (non-hydrogen) atoms. The summed E-state index contributed by atoms with van der Waals surface area (Å²) < 4.78 is 30.6. The van der Waals surface area contributed by atoms with Crippen molar-refractivity contribution in [1.29, 1.82) is 0 Å². The maximum Gasteiger partial charge on any atom is 0.339 e. The summed E-state index contributed by atoms with van der Waals surface area (Å²) >= 11 is 3.31. The van der Waals surface area contributed by atoms with Gasteiger partial charge in [0.1, 0.15) is 10.6 Å². The number of hydrogen-bond acceptors (Lipinski definition) is 5. The van der Waals surface area contributed by atoms with Gasteiger partial charge in [-0.15, -0.1) is 0 Å². The smallest absolute Gasteiger partial charge is 0.339 e. The number of carbonyl (C=O) groups excluding carboxylic acids is 1. The van der Waals surface area contributed by atoms with E-state index in [1.165, 1.54) is 30.5 Å². The molecule has 1 N–H and O–H groups in total. The molecule has 0 spiro atoms. The number of benzene rings is 3. The van der Waals surface area contributed by atoms with Crippen LogP contribution in [-0.2, 0) is 10.1 Å². The Bertz CT molecular complexity index is 1140. The molecule has 6 nitrogen and oxygen atoms in total. The fourth-order valence-electron chi connectivity index (χ4n) is 2.35. The second-order valence-corrected chi connectivity index (χ2v) is 8.59. The van der Waals surface area contributed by atoms with Crippen LogP contribution in [0.4, 0.5) is 0 Å². The molecule has 0 saturated heterocycles. The average molecular weight is 473 g/mol. The van der Waals surface area contributed by atoms with Gasteiger partial charge in [0.25, 0.3) is 5.91 Å². The molecule has 3 aromatic carbocycles. The van der Waals surface area contributed by atoms with Crippen LogP contribution in [0.5, 0.6) is 5.75 Å². The zero-order chi connectivity index (χ0) is 20.9. The summed E-state index contributed by atoms with van der Waals surface area (Å²) in [6.07, 6.45) is 1.45.